The molecule has 2 N–H and O–H groups in total. The summed E-state index contributed by atoms with van der Waals surface area (Å²) in [4.78, 5) is 12.7. The van der Waals surface area contributed by atoms with Crippen LogP contribution in [0.1, 0.15) is 86.4 Å². The smallest absolute Gasteiger partial charge is 0.230 e. The van der Waals surface area contributed by atoms with Crippen molar-refractivity contribution in [2.24, 2.45) is 0 Å². The molecule has 1 saturated carbocycles. The molecule has 5 rings (SSSR count). The van der Waals surface area contributed by atoms with E-state index < -0.39 is 0 Å². The number of carbonyl (C=O) groups excluding carboxylic acids is 1. The molecule has 2 heterocycles. The van der Waals surface area contributed by atoms with E-state index in [4.69, 9.17) is 9.47 Å². The molecule has 2 aromatic heterocycles. The first kappa shape index (κ1) is 30.9. The summed E-state index contributed by atoms with van der Waals surface area (Å²) in [5.41, 5.74) is 2.12. The van der Waals surface area contributed by atoms with Crippen molar-refractivity contribution in [3.63, 3.8) is 0 Å². The number of carbonyl (C=O) groups is 1. The topological polar surface area (TPSA) is 111 Å². The van der Waals surface area contributed by atoms with Gasteiger partial charge in [-0.3, -0.25) is 4.79 Å². The fourth-order valence-corrected chi connectivity index (χ4v) is 7.09. The first-order chi connectivity index (χ1) is 20.8. The fourth-order valence-electron chi connectivity index (χ4n) is 5.27. The van der Waals surface area contributed by atoms with Crippen LogP contribution in [0.2, 0.25) is 0 Å². The molecule has 0 saturated heterocycles. The zero-order chi connectivity index (χ0) is 30.2. The second kappa shape index (κ2) is 14.7. The molecule has 2 aromatic carbocycles. The highest BCUT2D eigenvalue weighted by molar-refractivity contribution is 7.15. The largest absolute Gasteiger partial charge is 0.491 e. The van der Waals surface area contributed by atoms with Gasteiger partial charge in [-0.2, -0.15) is 0 Å². The summed E-state index contributed by atoms with van der Waals surface area (Å²) >= 11 is 3.12. The van der Waals surface area contributed by atoms with Gasteiger partial charge < -0.3 is 20.1 Å². The second-order valence-corrected chi connectivity index (χ2v) is 13.5. The SMILES string of the molecule is CC(C)Oc1cccc(CCNc2nnc([C@@H]3CCC[C@@H](c4nnc(NC(=O)Cc5cccc(OC(C)C)c5)s4)C3)s2)c1. The van der Waals surface area contributed by atoms with Crippen LogP contribution in [0, 0.1) is 0 Å². The highest BCUT2D eigenvalue weighted by atomic mass is 32.1. The highest BCUT2D eigenvalue weighted by Gasteiger charge is 2.29. The fraction of sp³-hybridized carbons (Fsp3) is 0.469. The molecule has 1 aliphatic carbocycles. The van der Waals surface area contributed by atoms with Crippen molar-refractivity contribution in [1.29, 1.82) is 0 Å². The van der Waals surface area contributed by atoms with Gasteiger partial charge in [0.15, 0.2) is 0 Å². The Morgan fingerprint density at radius 3 is 2.07 bits per heavy atom. The molecular weight excluding hydrogens is 581 g/mol. The van der Waals surface area contributed by atoms with E-state index in [2.05, 4.69) is 43.2 Å². The van der Waals surface area contributed by atoms with Crippen LogP contribution in [0.15, 0.2) is 48.5 Å². The van der Waals surface area contributed by atoms with Gasteiger partial charge in [-0.25, -0.2) is 0 Å². The molecule has 2 atom stereocenters. The summed E-state index contributed by atoms with van der Waals surface area (Å²) in [6.45, 7) is 8.82. The summed E-state index contributed by atoms with van der Waals surface area (Å²) in [7, 11) is 0. The predicted molar refractivity (Wildman–Crippen MR) is 173 cm³/mol. The molecule has 0 radical (unpaired) electrons. The van der Waals surface area contributed by atoms with Gasteiger partial charge in [-0.15, -0.1) is 20.4 Å². The maximum absolute atomic E-state index is 12.7. The first-order valence-corrected chi connectivity index (χ1v) is 16.7. The number of benzene rings is 2. The molecule has 0 unspecified atom stereocenters. The number of amides is 1. The number of hydrogen-bond acceptors (Lipinski definition) is 10. The third-order valence-electron chi connectivity index (χ3n) is 7.10. The summed E-state index contributed by atoms with van der Waals surface area (Å²) in [6.07, 6.45) is 5.59. The third-order valence-corrected chi connectivity index (χ3v) is 9.14. The van der Waals surface area contributed by atoms with E-state index in [1.54, 1.807) is 11.3 Å². The van der Waals surface area contributed by atoms with Crippen molar-refractivity contribution in [3.05, 3.63) is 69.7 Å². The third kappa shape index (κ3) is 9.21. The van der Waals surface area contributed by atoms with E-state index in [1.807, 2.05) is 64.1 Å². The van der Waals surface area contributed by atoms with E-state index in [-0.39, 0.29) is 24.5 Å². The summed E-state index contributed by atoms with van der Waals surface area (Å²) in [5.74, 6) is 2.20. The number of aromatic nitrogens is 4. The Kier molecular flexibility index (Phi) is 10.6. The van der Waals surface area contributed by atoms with Crippen molar-refractivity contribution in [2.45, 2.75) is 90.3 Å². The minimum atomic E-state index is -0.114. The average molecular weight is 621 g/mol. The molecule has 4 aromatic rings. The van der Waals surface area contributed by atoms with E-state index in [0.29, 0.717) is 17.0 Å². The quantitative estimate of drug-likeness (QED) is 0.161. The van der Waals surface area contributed by atoms with Crippen molar-refractivity contribution in [3.8, 4) is 11.5 Å². The highest BCUT2D eigenvalue weighted by Crippen LogP contribution is 2.43. The van der Waals surface area contributed by atoms with Crippen LogP contribution in [-0.2, 0) is 17.6 Å². The van der Waals surface area contributed by atoms with Gasteiger partial charge in [0, 0.05) is 18.4 Å². The van der Waals surface area contributed by atoms with Crippen LogP contribution in [0.25, 0.3) is 0 Å². The van der Waals surface area contributed by atoms with Gasteiger partial charge in [0.1, 0.15) is 21.5 Å². The van der Waals surface area contributed by atoms with Crippen LogP contribution in [0.4, 0.5) is 10.3 Å². The number of hydrogen-bond donors (Lipinski definition) is 2. The molecule has 9 nitrogen and oxygen atoms in total. The summed E-state index contributed by atoms with van der Waals surface area (Å²) in [6, 6.07) is 15.9. The van der Waals surface area contributed by atoms with E-state index in [9.17, 15) is 4.79 Å². The number of rotatable bonds is 13. The van der Waals surface area contributed by atoms with Crippen LogP contribution in [0.5, 0.6) is 11.5 Å². The Morgan fingerprint density at radius 1 is 0.837 bits per heavy atom. The molecule has 11 heteroatoms. The van der Waals surface area contributed by atoms with Crippen molar-refractivity contribution < 1.29 is 14.3 Å². The van der Waals surface area contributed by atoms with Crippen molar-refractivity contribution in [1.82, 2.24) is 20.4 Å². The van der Waals surface area contributed by atoms with Gasteiger partial charge >= 0.3 is 0 Å². The zero-order valence-corrected chi connectivity index (χ0v) is 26.8. The number of nitrogens with zero attached hydrogens (tertiary/aromatic N) is 4. The summed E-state index contributed by atoms with van der Waals surface area (Å²) in [5, 5.41) is 27.5. The lowest BCUT2D eigenvalue weighted by molar-refractivity contribution is -0.115. The Morgan fingerprint density at radius 2 is 1.42 bits per heavy atom. The lowest BCUT2D eigenvalue weighted by Crippen LogP contribution is -2.14. The number of ether oxygens (including phenoxy) is 2. The molecule has 1 fully saturated rings. The zero-order valence-electron chi connectivity index (χ0n) is 25.2. The Labute approximate surface area is 261 Å². The molecule has 1 aliphatic rings. The maximum atomic E-state index is 12.7. The first-order valence-electron chi connectivity index (χ1n) is 15.0. The van der Waals surface area contributed by atoms with E-state index in [0.717, 1.165) is 70.9 Å². The molecule has 43 heavy (non-hydrogen) atoms. The van der Waals surface area contributed by atoms with Crippen LogP contribution in [-0.4, -0.2) is 45.1 Å². The lowest BCUT2D eigenvalue weighted by atomic mass is 9.82. The molecule has 0 bridgehead atoms. The summed E-state index contributed by atoms with van der Waals surface area (Å²) < 4.78 is 11.6. The van der Waals surface area contributed by atoms with Gasteiger partial charge in [0.2, 0.25) is 16.2 Å². The standard InChI is InChI=1S/C32H40N6O3S2/c1-20(2)40-26-12-5-8-22(16-26)14-15-33-31-37-35-29(42-31)24-10-7-11-25(19-24)30-36-38-32(43-30)34-28(39)18-23-9-6-13-27(17-23)41-21(3)4/h5-6,8-9,12-13,16-17,20-21,24-25H,7,10-11,14-15,18-19H2,1-4H3,(H,33,37)(H,34,38,39)/t24-,25-/m1/s1. The van der Waals surface area contributed by atoms with Gasteiger partial charge in [0.05, 0.1) is 18.6 Å². The molecule has 1 amide bonds. The molecule has 0 spiro atoms. The van der Waals surface area contributed by atoms with E-state index in [1.165, 1.54) is 16.9 Å². The minimum Gasteiger partial charge on any atom is -0.491 e. The average Bonchev–Trinajstić information content (AvgIpc) is 3.63. The second-order valence-electron chi connectivity index (χ2n) is 11.5. The van der Waals surface area contributed by atoms with Crippen LogP contribution >= 0.6 is 22.7 Å². The van der Waals surface area contributed by atoms with Crippen molar-refractivity contribution in [2.75, 3.05) is 17.2 Å². The lowest BCUT2D eigenvalue weighted by Gasteiger charge is -2.25. The monoisotopic (exact) mass is 620 g/mol. The van der Waals surface area contributed by atoms with Gasteiger partial charge in [0.25, 0.3) is 0 Å². The van der Waals surface area contributed by atoms with E-state index >= 15 is 0 Å². The van der Waals surface area contributed by atoms with Gasteiger partial charge in [-0.05, 0) is 88.8 Å². The molecule has 0 aliphatic heterocycles. The minimum absolute atomic E-state index is 0.0817. The number of anilines is 2. The Hall–Kier alpha value is -3.57. The van der Waals surface area contributed by atoms with Crippen LogP contribution in [0.3, 0.4) is 0 Å². The van der Waals surface area contributed by atoms with Gasteiger partial charge in [-0.1, -0.05) is 53.4 Å². The number of nitrogens with one attached hydrogen (secondary N) is 2. The predicted octanol–water partition coefficient (Wildman–Crippen LogP) is 7.24. The Balaban J connectivity index is 1.10. The maximum Gasteiger partial charge on any atom is 0.230 e. The van der Waals surface area contributed by atoms with Crippen molar-refractivity contribution >= 4 is 38.8 Å². The molecule has 228 valence electrons. The normalized spacial score (nSPS) is 16.8. The Bertz CT molecular complexity index is 1490. The molecular formula is C32H40N6O3S2. The van der Waals surface area contributed by atoms with Crippen LogP contribution < -0.4 is 20.1 Å².